The molecule has 0 aromatic heterocycles. The Morgan fingerprint density at radius 3 is 1.44 bits per heavy atom. The van der Waals surface area contributed by atoms with Gasteiger partial charge in [-0.2, -0.15) is 0 Å². The van der Waals surface area contributed by atoms with E-state index in [4.69, 9.17) is 9.05 Å². The Morgan fingerprint density at radius 1 is 0.548 bits per heavy atom. The van der Waals surface area contributed by atoms with E-state index in [2.05, 4.69) is 67.8 Å². The molecule has 0 aromatic rings. The number of amides is 1. The number of unbranched alkanes of at least 4 members (excludes halogenated alkanes) is 25. The molecule has 9 heteroatoms. The number of quaternary nitrogens is 1. The van der Waals surface area contributed by atoms with Gasteiger partial charge in [-0.15, -0.1) is 0 Å². The molecule has 3 atom stereocenters. The van der Waals surface area contributed by atoms with E-state index in [0.717, 1.165) is 57.8 Å². The zero-order chi connectivity index (χ0) is 45.7. The van der Waals surface area contributed by atoms with Gasteiger partial charge in [0.05, 0.1) is 39.9 Å². The predicted octanol–water partition coefficient (Wildman–Crippen LogP) is 15.0. The Balaban J connectivity index is 4.12. The van der Waals surface area contributed by atoms with Crippen molar-refractivity contribution in [2.24, 2.45) is 0 Å². The van der Waals surface area contributed by atoms with Crippen LogP contribution in [0.25, 0.3) is 0 Å². The van der Waals surface area contributed by atoms with E-state index in [1.807, 2.05) is 27.2 Å². The number of allylic oxidation sites excluding steroid dienone is 9. The lowest BCUT2D eigenvalue weighted by Gasteiger charge is -2.25. The zero-order valence-corrected chi connectivity index (χ0v) is 42.0. The highest BCUT2D eigenvalue weighted by molar-refractivity contribution is 7.47. The maximum Gasteiger partial charge on any atom is 0.472 e. The smallest absolute Gasteiger partial charge is 0.387 e. The number of phosphoric acid groups is 1. The molecule has 3 N–H and O–H groups in total. The monoisotopic (exact) mass is 892 g/mol. The molecular formula is C53H100N2O6P+. The lowest BCUT2D eigenvalue weighted by Crippen LogP contribution is -2.45. The van der Waals surface area contributed by atoms with Gasteiger partial charge in [0, 0.05) is 6.42 Å². The van der Waals surface area contributed by atoms with Crippen molar-refractivity contribution in [2.75, 3.05) is 40.9 Å². The molecule has 0 aromatic carbocycles. The Labute approximate surface area is 383 Å². The van der Waals surface area contributed by atoms with Gasteiger partial charge in [-0.3, -0.25) is 13.8 Å². The summed E-state index contributed by atoms with van der Waals surface area (Å²) in [6.07, 6.45) is 59.0. The van der Waals surface area contributed by atoms with Crippen LogP contribution in [0.5, 0.6) is 0 Å². The van der Waals surface area contributed by atoms with Gasteiger partial charge in [0.1, 0.15) is 13.2 Å². The van der Waals surface area contributed by atoms with Crippen LogP contribution in [-0.2, 0) is 18.4 Å². The minimum absolute atomic E-state index is 0.0515. The SMILES string of the molecule is CCC/C=C/CC/C=C/CC/C=C/C(O)C(COP(=O)(O)OCC[N+](C)(C)C)NC(=O)CCCCCCCCCCCCCCC/C=C\C/C=C\CCCCCCCCCCC. The molecule has 0 aliphatic carbocycles. The first-order chi connectivity index (χ1) is 30.0. The van der Waals surface area contributed by atoms with Crippen LogP contribution in [-0.4, -0.2) is 73.4 Å². The summed E-state index contributed by atoms with van der Waals surface area (Å²) in [6, 6.07) is -0.870. The van der Waals surface area contributed by atoms with Gasteiger partial charge in [0.15, 0.2) is 0 Å². The lowest BCUT2D eigenvalue weighted by molar-refractivity contribution is -0.870. The van der Waals surface area contributed by atoms with Crippen molar-refractivity contribution in [1.29, 1.82) is 0 Å². The summed E-state index contributed by atoms with van der Waals surface area (Å²) in [5, 5.41) is 13.8. The normalized spacial score (nSPS) is 14.6. The Morgan fingerprint density at radius 2 is 0.968 bits per heavy atom. The first-order valence-corrected chi connectivity index (χ1v) is 27.2. The number of nitrogens with one attached hydrogen (secondary N) is 1. The van der Waals surface area contributed by atoms with Crippen LogP contribution < -0.4 is 5.32 Å². The first-order valence-electron chi connectivity index (χ1n) is 25.7. The molecule has 0 rings (SSSR count). The molecule has 0 bridgehead atoms. The molecule has 0 heterocycles. The minimum atomic E-state index is -4.35. The van der Waals surface area contributed by atoms with E-state index in [0.29, 0.717) is 17.4 Å². The number of phosphoric ester groups is 1. The zero-order valence-electron chi connectivity index (χ0n) is 41.1. The third-order valence-corrected chi connectivity index (χ3v) is 12.2. The number of carbonyl (C=O) groups is 1. The van der Waals surface area contributed by atoms with Crippen molar-refractivity contribution >= 4 is 13.7 Å². The molecule has 0 aliphatic heterocycles. The van der Waals surface area contributed by atoms with Gasteiger partial charge >= 0.3 is 7.82 Å². The van der Waals surface area contributed by atoms with Crippen LogP contribution in [0.1, 0.15) is 219 Å². The van der Waals surface area contributed by atoms with Crippen LogP contribution in [0.4, 0.5) is 0 Å². The number of aliphatic hydroxyl groups excluding tert-OH is 1. The molecule has 0 radical (unpaired) electrons. The molecule has 62 heavy (non-hydrogen) atoms. The van der Waals surface area contributed by atoms with E-state index in [9.17, 15) is 19.4 Å². The standard InChI is InChI=1S/C53H99N2O6P/c1-6-8-10-12-14-16-18-19-20-21-22-23-24-25-26-27-28-29-30-31-32-33-34-35-37-39-41-43-45-47-53(57)54-51(50-61-62(58,59)60-49-48-55(3,4)5)52(56)46-44-42-40-38-36-17-15-13-11-9-7-2/h11,13,22-23,25-26,36,38,44,46,51-52,56H,6-10,12,14-21,24,27-35,37,39-43,45,47-50H2,1-5H3,(H-,54,57,58,59)/p+1/b13-11+,23-22-,26-25-,38-36+,46-44+. The summed E-state index contributed by atoms with van der Waals surface area (Å²) in [5.41, 5.74) is 0. The van der Waals surface area contributed by atoms with E-state index < -0.39 is 20.0 Å². The van der Waals surface area contributed by atoms with Gasteiger partial charge < -0.3 is 19.8 Å². The van der Waals surface area contributed by atoms with Crippen LogP contribution in [0.2, 0.25) is 0 Å². The van der Waals surface area contributed by atoms with Gasteiger partial charge in [-0.25, -0.2) is 4.57 Å². The predicted molar refractivity (Wildman–Crippen MR) is 267 cm³/mol. The largest absolute Gasteiger partial charge is 0.472 e. The highest BCUT2D eigenvalue weighted by Crippen LogP contribution is 2.43. The average Bonchev–Trinajstić information content (AvgIpc) is 3.23. The quantitative estimate of drug-likeness (QED) is 0.0243. The maximum atomic E-state index is 12.9. The summed E-state index contributed by atoms with van der Waals surface area (Å²) in [5.74, 6) is -0.195. The molecular weight excluding hydrogens is 792 g/mol. The van der Waals surface area contributed by atoms with Gasteiger partial charge in [-0.05, 0) is 70.6 Å². The second kappa shape index (κ2) is 44.4. The van der Waals surface area contributed by atoms with E-state index in [1.54, 1.807) is 6.08 Å². The minimum Gasteiger partial charge on any atom is -0.387 e. The number of hydrogen-bond donors (Lipinski definition) is 3. The van der Waals surface area contributed by atoms with Gasteiger partial charge in [0.2, 0.25) is 5.91 Å². The fraction of sp³-hybridized carbons (Fsp3) is 0.792. The average molecular weight is 892 g/mol. The van der Waals surface area contributed by atoms with Crippen molar-refractivity contribution in [2.45, 2.75) is 231 Å². The summed E-state index contributed by atoms with van der Waals surface area (Å²) in [7, 11) is 1.54. The van der Waals surface area contributed by atoms with Gasteiger partial charge in [-0.1, -0.05) is 203 Å². The topological polar surface area (TPSA) is 105 Å². The molecule has 0 spiro atoms. The summed E-state index contributed by atoms with van der Waals surface area (Å²) >= 11 is 0. The third-order valence-electron chi connectivity index (χ3n) is 11.2. The van der Waals surface area contributed by atoms with Crippen LogP contribution in [0.3, 0.4) is 0 Å². The lowest BCUT2D eigenvalue weighted by atomic mass is 10.0. The van der Waals surface area contributed by atoms with Crippen molar-refractivity contribution in [1.82, 2.24) is 5.32 Å². The Kier molecular flexibility index (Phi) is 43.1. The maximum absolute atomic E-state index is 12.9. The second-order valence-corrected chi connectivity index (χ2v) is 20.0. The summed E-state index contributed by atoms with van der Waals surface area (Å²) < 4.78 is 23.5. The molecule has 0 saturated heterocycles. The number of hydrogen-bond acceptors (Lipinski definition) is 5. The number of carbonyl (C=O) groups excluding carboxylic acids is 1. The Bertz CT molecular complexity index is 1190. The first kappa shape index (κ1) is 60.2. The molecule has 0 fully saturated rings. The van der Waals surface area contributed by atoms with Crippen LogP contribution in [0.15, 0.2) is 60.8 Å². The highest BCUT2D eigenvalue weighted by atomic mass is 31.2. The van der Waals surface area contributed by atoms with Crippen molar-refractivity contribution in [3.05, 3.63) is 60.8 Å². The fourth-order valence-electron chi connectivity index (χ4n) is 7.11. The molecule has 1 amide bonds. The second-order valence-electron chi connectivity index (χ2n) is 18.5. The molecule has 0 saturated carbocycles. The van der Waals surface area contributed by atoms with Crippen molar-refractivity contribution < 1.29 is 32.9 Å². The van der Waals surface area contributed by atoms with E-state index in [1.165, 1.54) is 141 Å². The van der Waals surface area contributed by atoms with E-state index >= 15 is 0 Å². The van der Waals surface area contributed by atoms with Crippen LogP contribution in [0, 0.1) is 0 Å². The number of likely N-dealkylation sites (N-methyl/N-ethyl adjacent to an activating group) is 1. The molecule has 0 aliphatic rings. The Hall–Kier alpha value is -1.80. The number of rotatable bonds is 46. The summed E-state index contributed by atoms with van der Waals surface area (Å²) in [4.78, 5) is 23.1. The molecule has 362 valence electrons. The van der Waals surface area contributed by atoms with Gasteiger partial charge in [0.25, 0.3) is 0 Å². The van der Waals surface area contributed by atoms with Crippen molar-refractivity contribution in [3.8, 4) is 0 Å². The van der Waals surface area contributed by atoms with Crippen molar-refractivity contribution in [3.63, 3.8) is 0 Å². The summed E-state index contributed by atoms with van der Waals surface area (Å²) in [6.45, 7) is 4.70. The third kappa shape index (κ3) is 46.2. The number of nitrogens with zero attached hydrogens (tertiary/aromatic N) is 1. The van der Waals surface area contributed by atoms with Crippen LogP contribution >= 0.6 is 7.82 Å². The van der Waals surface area contributed by atoms with E-state index in [-0.39, 0.29) is 19.1 Å². The molecule has 3 unspecified atom stereocenters. The highest BCUT2D eigenvalue weighted by Gasteiger charge is 2.27. The molecule has 8 nitrogen and oxygen atoms in total. The fourth-order valence-corrected chi connectivity index (χ4v) is 7.85. The number of aliphatic hydroxyl groups is 1.